The predicted octanol–water partition coefficient (Wildman–Crippen LogP) is 1.77. The third-order valence-corrected chi connectivity index (χ3v) is 9.17. The zero-order valence-electron chi connectivity index (χ0n) is 16.3. The van der Waals surface area contributed by atoms with E-state index < -0.39 is 48.0 Å². The van der Waals surface area contributed by atoms with Gasteiger partial charge >= 0.3 is 0 Å². The molecular formula is C20H22FNO6S2. The maximum absolute atomic E-state index is 14.2. The molecule has 1 aliphatic heterocycles. The second kappa shape index (κ2) is 8.73. The van der Waals surface area contributed by atoms with Crippen LogP contribution in [0.5, 0.6) is 5.75 Å². The van der Waals surface area contributed by atoms with Crippen LogP contribution < -0.4 is 10.1 Å². The average molecular weight is 456 g/mol. The molecule has 1 saturated heterocycles. The highest BCUT2D eigenvalue weighted by atomic mass is 32.2. The molecule has 10 heteroatoms. The second-order valence-electron chi connectivity index (χ2n) is 7.07. The fourth-order valence-corrected chi connectivity index (χ4v) is 7.65. The topological polar surface area (TPSA) is 107 Å². The van der Waals surface area contributed by atoms with Crippen molar-refractivity contribution < 1.29 is 30.8 Å². The van der Waals surface area contributed by atoms with Gasteiger partial charge in [0.1, 0.15) is 11.6 Å². The first kappa shape index (κ1) is 22.2. The number of methoxy groups -OCH3 is 1. The van der Waals surface area contributed by atoms with Gasteiger partial charge in [0.15, 0.2) is 19.7 Å². The highest BCUT2D eigenvalue weighted by Gasteiger charge is 2.38. The molecule has 162 valence electrons. The van der Waals surface area contributed by atoms with E-state index in [4.69, 9.17) is 4.74 Å². The normalized spacial score (nSPS) is 18.1. The number of halogens is 1. The Morgan fingerprint density at radius 3 is 2.50 bits per heavy atom. The van der Waals surface area contributed by atoms with E-state index in [1.165, 1.54) is 0 Å². The summed E-state index contributed by atoms with van der Waals surface area (Å²) in [5.41, 5.74) is 0.544. The van der Waals surface area contributed by atoms with Crippen molar-refractivity contribution in [1.82, 2.24) is 5.32 Å². The summed E-state index contributed by atoms with van der Waals surface area (Å²) < 4.78 is 68.0. The van der Waals surface area contributed by atoms with Crippen LogP contribution in [0.25, 0.3) is 0 Å². The van der Waals surface area contributed by atoms with Gasteiger partial charge in [0, 0.05) is 6.54 Å². The van der Waals surface area contributed by atoms with Crippen LogP contribution in [0, 0.1) is 5.82 Å². The average Bonchev–Trinajstić information content (AvgIpc) is 3.09. The van der Waals surface area contributed by atoms with Crippen LogP contribution in [-0.2, 0) is 26.1 Å². The molecule has 1 amide bonds. The van der Waals surface area contributed by atoms with Gasteiger partial charge in [-0.05, 0) is 48.7 Å². The summed E-state index contributed by atoms with van der Waals surface area (Å²) >= 11 is 0. The lowest BCUT2D eigenvalue weighted by atomic mass is 10.1. The maximum atomic E-state index is 14.2. The molecular weight excluding hydrogens is 433 g/mol. The van der Waals surface area contributed by atoms with Gasteiger partial charge < -0.3 is 10.1 Å². The van der Waals surface area contributed by atoms with Gasteiger partial charge in [0.05, 0.1) is 34.3 Å². The van der Waals surface area contributed by atoms with E-state index in [0.29, 0.717) is 12.2 Å². The first-order chi connectivity index (χ1) is 14.1. The monoisotopic (exact) mass is 455 g/mol. The summed E-state index contributed by atoms with van der Waals surface area (Å²) in [6.07, 6.45) is 0.487. The van der Waals surface area contributed by atoms with Crippen molar-refractivity contribution in [2.75, 3.05) is 25.2 Å². The zero-order valence-corrected chi connectivity index (χ0v) is 17.9. The smallest absolute Gasteiger partial charge is 0.254 e. The van der Waals surface area contributed by atoms with Gasteiger partial charge in [-0.25, -0.2) is 21.2 Å². The van der Waals surface area contributed by atoms with E-state index >= 15 is 0 Å². The Morgan fingerprint density at radius 1 is 1.20 bits per heavy atom. The minimum Gasteiger partial charge on any atom is -0.497 e. The summed E-state index contributed by atoms with van der Waals surface area (Å²) in [6.45, 7) is 0.225. The van der Waals surface area contributed by atoms with E-state index in [0.717, 1.165) is 23.8 Å². The molecule has 0 unspecified atom stereocenters. The van der Waals surface area contributed by atoms with Gasteiger partial charge in [0.2, 0.25) is 0 Å². The number of rotatable bonds is 7. The molecule has 7 nitrogen and oxygen atoms in total. The Kier molecular flexibility index (Phi) is 6.47. The van der Waals surface area contributed by atoms with Crippen molar-refractivity contribution in [2.45, 2.75) is 23.0 Å². The van der Waals surface area contributed by atoms with Gasteiger partial charge in [-0.1, -0.05) is 12.1 Å². The summed E-state index contributed by atoms with van der Waals surface area (Å²) in [5, 5.41) is 1.49. The number of sulfone groups is 2. The van der Waals surface area contributed by atoms with Crippen LogP contribution in [0.15, 0.2) is 47.4 Å². The van der Waals surface area contributed by atoms with Gasteiger partial charge in [-0.15, -0.1) is 0 Å². The summed E-state index contributed by atoms with van der Waals surface area (Å²) in [4.78, 5) is 12.1. The Morgan fingerprint density at radius 2 is 1.90 bits per heavy atom. The minimum absolute atomic E-state index is 0.00850. The number of hydrogen-bond donors (Lipinski definition) is 1. The van der Waals surface area contributed by atoms with Crippen LogP contribution in [-0.4, -0.2) is 53.2 Å². The number of hydrogen-bond acceptors (Lipinski definition) is 6. The number of nitrogens with one attached hydrogen (secondary N) is 1. The highest BCUT2D eigenvalue weighted by Crippen LogP contribution is 2.26. The van der Waals surface area contributed by atoms with Crippen LogP contribution >= 0.6 is 0 Å². The lowest BCUT2D eigenvalue weighted by Crippen LogP contribution is -2.27. The fraction of sp³-hybridized carbons (Fsp3) is 0.350. The molecule has 0 aliphatic carbocycles. The van der Waals surface area contributed by atoms with E-state index in [1.54, 1.807) is 19.2 Å². The standard InChI is InChI=1S/C20H22FNO6S2/c1-28-15-4-2-14(3-5-15)8-10-22-20(23)18-12-16(6-7-19(18)21)30(26,27)17-9-11-29(24,25)13-17/h2-7,12,17H,8-11,13H2,1H3,(H,22,23)/t17-/m1/s1. The van der Waals surface area contributed by atoms with Crippen molar-refractivity contribution >= 4 is 25.6 Å². The number of carbonyl (C=O) groups is 1. The van der Waals surface area contributed by atoms with Crippen molar-refractivity contribution in [3.05, 3.63) is 59.4 Å². The summed E-state index contributed by atoms with van der Waals surface area (Å²) in [5.74, 6) is -1.54. The quantitative estimate of drug-likeness (QED) is 0.638. The Labute approximate surface area is 175 Å². The van der Waals surface area contributed by atoms with E-state index in [2.05, 4.69) is 5.32 Å². The van der Waals surface area contributed by atoms with Gasteiger partial charge in [-0.2, -0.15) is 0 Å². The lowest BCUT2D eigenvalue weighted by molar-refractivity contribution is 0.0950. The summed E-state index contributed by atoms with van der Waals surface area (Å²) in [6, 6.07) is 10.2. The van der Waals surface area contributed by atoms with Crippen LogP contribution in [0.2, 0.25) is 0 Å². The molecule has 2 aromatic carbocycles. The van der Waals surface area contributed by atoms with Gasteiger partial charge in [0.25, 0.3) is 5.91 Å². The predicted molar refractivity (Wildman–Crippen MR) is 110 cm³/mol. The van der Waals surface area contributed by atoms with Crippen molar-refractivity contribution in [1.29, 1.82) is 0 Å². The molecule has 1 N–H and O–H groups in total. The highest BCUT2D eigenvalue weighted by molar-refractivity contribution is 7.96. The van der Waals surface area contributed by atoms with Crippen molar-refractivity contribution in [3.63, 3.8) is 0 Å². The lowest BCUT2D eigenvalue weighted by Gasteiger charge is -2.12. The molecule has 1 fully saturated rings. The SMILES string of the molecule is COc1ccc(CCNC(=O)c2cc(S(=O)(=O)[C@@H]3CCS(=O)(=O)C3)ccc2F)cc1. The molecule has 1 aliphatic rings. The van der Waals surface area contributed by atoms with E-state index in [-0.39, 0.29) is 23.6 Å². The second-order valence-corrected chi connectivity index (χ2v) is 11.5. The fourth-order valence-electron chi connectivity index (χ4n) is 3.26. The molecule has 0 radical (unpaired) electrons. The third-order valence-electron chi connectivity index (χ3n) is 5.00. The van der Waals surface area contributed by atoms with Crippen molar-refractivity contribution in [3.8, 4) is 5.75 Å². The first-order valence-corrected chi connectivity index (χ1v) is 12.6. The largest absolute Gasteiger partial charge is 0.497 e. The maximum Gasteiger partial charge on any atom is 0.254 e. The Hall–Kier alpha value is -2.46. The molecule has 30 heavy (non-hydrogen) atoms. The molecule has 0 bridgehead atoms. The Balaban J connectivity index is 1.70. The number of benzene rings is 2. The molecule has 1 atom stereocenters. The number of amides is 1. The zero-order chi connectivity index (χ0) is 21.9. The minimum atomic E-state index is -3.99. The molecule has 1 heterocycles. The van der Waals surface area contributed by atoms with E-state index in [9.17, 15) is 26.0 Å². The number of carbonyl (C=O) groups excluding carboxylic acids is 1. The molecule has 0 spiro atoms. The molecule has 3 rings (SSSR count). The first-order valence-electron chi connectivity index (χ1n) is 9.27. The van der Waals surface area contributed by atoms with E-state index in [1.807, 2.05) is 12.1 Å². The molecule has 0 saturated carbocycles. The molecule has 0 aromatic heterocycles. The third kappa shape index (κ3) is 4.99. The molecule has 2 aromatic rings. The van der Waals surface area contributed by atoms with Crippen LogP contribution in [0.1, 0.15) is 22.3 Å². The van der Waals surface area contributed by atoms with Gasteiger partial charge in [-0.3, -0.25) is 4.79 Å². The van der Waals surface area contributed by atoms with Crippen LogP contribution in [0.3, 0.4) is 0 Å². The van der Waals surface area contributed by atoms with Crippen molar-refractivity contribution in [2.24, 2.45) is 0 Å². The summed E-state index contributed by atoms with van der Waals surface area (Å²) in [7, 11) is -5.84. The Bertz CT molecular complexity index is 1140. The number of ether oxygens (including phenoxy) is 1. The van der Waals surface area contributed by atoms with Crippen LogP contribution in [0.4, 0.5) is 4.39 Å².